The zero-order valence-electron chi connectivity index (χ0n) is 12.9. The van der Waals surface area contributed by atoms with Gasteiger partial charge in [-0.2, -0.15) is 0 Å². The van der Waals surface area contributed by atoms with Gasteiger partial charge in [-0.05, 0) is 43.0 Å². The number of hydrogen-bond acceptors (Lipinski definition) is 4. The van der Waals surface area contributed by atoms with Crippen LogP contribution in [0, 0.1) is 0 Å². The van der Waals surface area contributed by atoms with E-state index in [4.69, 9.17) is 4.42 Å². The number of sulfonamides is 1. The Bertz CT molecular complexity index is 778. The van der Waals surface area contributed by atoms with Gasteiger partial charge in [-0.25, -0.2) is 13.1 Å². The second kappa shape index (κ2) is 7.26. The fraction of sp³-hybridized carbons (Fsp3) is 0.188. The van der Waals surface area contributed by atoms with Crippen LogP contribution in [0.4, 0.5) is 0 Å². The zero-order valence-corrected chi connectivity index (χ0v) is 13.7. The Morgan fingerprint density at radius 3 is 2.52 bits per heavy atom. The lowest BCUT2D eigenvalue weighted by Crippen LogP contribution is -2.23. The van der Waals surface area contributed by atoms with Gasteiger partial charge in [0.25, 0.3) is 0 Å². The van der Waals surface area contributed by atoms with E-state index in [-0.39, 0.29) is 10.8 Å². The predicted octanol–water partition coefficient (Wildman–Crippen LogP) is 1.86. The van der Waals surface area contributed by atoms with Crippen molar-refractivity contribution in [2.24, 2.45) is 0 Å². The molecule has 0 radical (unpaired) electrons. The van der Waals surface area contributed by atoms with Crippen LogP contribution in [-0.4, -0.2) is 33.3 Å². The molecule has 0 aliphatic rings. The van der Waals surface area contributed by atoms with E-state index in [0.717, 1.165) is 5.56 Å². The second-order valence-electron chi connectivity index (χ2n) is 4.88. The summed E-state index contributed by atoms with van der Waals surface area (Å²) in [6.45, 7) is 0.384. The van der Waals surface area contributed by atoms with E-state index in [1.54, 1.807) is 43.7 Å². The van der Waals surface area contributed by atoms with Gasteiger partial charge in [0.2, 0.25) is 15.9 Å². The zero-order chi connectivity index (χ0) is 16.9. The summed E-state index contributed by atoms with van der Waals surface area (Å²) in [5.41, 5.74) is 0.736. The van der Waals surface area contributed by atoms with Gasteiger partial charge in [0.05, 0.1) is 17.7 Å². The lowest BCUT2D eigenvalue weighted by atomic mass is 10.2. The third-order valence-electron chi connectivity index (χ3n) is 3.23. The Morgan fingerprint density at radius 2 is 1.96 bits per heavy atom. The highest BCUT2D eigenvalue weighted by molar-refractivity contribution is 7.89. The van der Waals surface area contributed by atoms with Crippen LogP contribution < -0.4 is 4.72 Å². The van der Waals surface area contributed by atoms with Crippen LogP contribution in [0.1, 0.15) is 11.3 Å². The minimum Gasteiger partial charge on any atom is -0.467 e. The lowest BCUT2D eigenvalue weighted by Gasteiger charge is -2.12. The summed E-state index contributed by atoms with van der Waals surface area (Å²) in [5.74, 6) is 0.532. The molecule has 1 heterocycles. The van der Waals surface area contributed by atoms with Crippen LogP contribution in [0.15, 0.2) is 58.1 Å². The smallest absolute Gasteiger partial charge is 0.246 e. The molecule has 1 N–H and O–H groups in total. The lowest BCUT2D eigenvalue weighted by molar-refractivity contribution is -0.125. The molecule has 0 saturated carbocycles. The van der Waals surface area contributed by atoms with Crippen LogP contribution in [0.3, 0.4) is 0 Å². The number of nitrogens with one attached hydrogen (secondary N) is 1. The summed E-state index contributed by atoms with van der Waals surface area (Å²) in [7, 11) is -0.412. The number of hydrogen-bond donors (Lipinski definition) is 1. The molecule has 0 unspecified atom stereocenters. The van der Waals surface area contributed by atoms with Crippen LogP contribution in [0.2, 0.25) is 0 Å². The number of carbonyl (C=O) groups is 1. The molecule has 0 aliphatic carbocycles. The van der Waals surface area contributed by atoms with E-state index in [2.05, 4.69) is 4.72 Å². The minimum absolute atomic E-state index is 0.173. The Morgan fingerprint density at radius 1 is 1.26 bits per heavy atom. The maximum Gasteiger partial charge on any atom is 0.246 e. The first-order valence-electron chi connectivity index (χ1n) is 6.91. The first-order chi connectivity index (χ1) is 10.9. The van der Waals surface area contributed by atoms with Crippen molar-refractivity contribution < 1.29 is 17.6 Å². The molecule has 0 aliphatic heterocycles. The van der Waals surface area contributed by atoms with Crippen LogP contribution >= 0.6 is 0 Å². The van der Waals surface area contributed by atoms with Crippen molar-refractivity contribution in [2.45, 2.75) is 11.4 Å². The number of likely N-dealkylation sites (N-methyl/N-ethyl adjacent to an activating group) is 1. The molecule has 2 rings (SSSR count). The van der Waals surface area contributed by atoms with Crippen LogP contribution in [0.5, 0.6) is 0 Å². The van der Waals surface area contributed by atoms with Gasteiger partial charge < -0.3 is 9.32 Å². The SMILES string of the molecule is CNS(=O)(=O)c1ccc(/C=C/C(=O)N(C)Cc2ccco2)cc1. The molecule has 0 fully saturated rings. The maximum atomic E-state index is 12.0. The first-order valence-corrected chi connectivity index (χ1v) is 8.40. The summed E-state index contributed by atoms with van der Waals surface area (Å²) < 4.78 is 30.7. The highest BCUT2D eigenvalue weighted by Crippen LogP contribution is 2.11. The fourth-order valence-electron chi connectivity index (χ4n) is 1.88. The Kier molecular flexibility index (Phi) is 5.36. The molecule has 0 spiro atoms. The Hall–Kier alpha value is -2.38. The van der Waals surface area contributed by atoms with E-state index in [1.165, 1.54) is 30.2 Å². The maximum absolute atomic E-state index is 12.0. The highest BCUT2D eigenvalue weighted by Gasteiger charge is 2.10. The molecule has 0 atom stereocenters. The number of rotatable bonds is 6. The summed E-state index contributed by atoms with van der Waals surface area (Å²) in [4.78, 5) is 13.7. The first kappa shape index (κ1) is 17.0. The molecule has 1 amide bonds. The van der Waals surface area contributed by atoms with Crippen molar-refractivity contribution in [3.8, 4) is 0 Å². The number of benzene rings is 1. The monoisotopic (exact) mass is 334 g/mol. The normalized spacial score (nSPS) is 11.7. The standard InChI is InChI=1S/C16H18N2O4S/c1-17-23(20,21)15-8-5-13(6-9-15)7-10-16(19)18(2)12-14-4-3-11-22-14/h3-11,17H,12H2,1-2H3/b10-7+. The van der Waals surface area contributed by atoms with E-state index in [1.807, 2.05) is 0 Å². The van der Waals surface area contributed by atoms with Gasteiger partial charge in [-0.1, -0.05) is 12.1 Å². The molecule has 23 heavy (non-hydrogen) atoms. The van der Waals surface area contributed by atoms with Gasteiger partial charge in [-0.3, -0.25) is 4.79 Å². The fourth-order valence-corrected chi connectivity index (χ4v) is 2.62. The molecule has 1 aromatic heterocycles. The number of amides is 1. The largest absolute Gasteiger partial charge is 0.467 e. The molecule has 122 valence electrons. The average molecular weight is 334 g/mol. The van der Waals surface area contributed by atoms with Crippen molar-refractivity contribution >= 4 is 22.0 Å². The summed E-state index contributed by atoms with van der Waals surface area (Å²) >= 11 is 0. The van der Waals surface area contributed by atoms with Crippen molar-refractivity contribution in [1.82, 2.24) is 9.62 Å². The van der Waals surface area contributed by atoms with E-state index in [9.17, 15) is 13.2 Å². The summed E-state index contributed by atoms with van der Waals surface area (Å²) in [5, 5.41) is 0. The van der Waals surface area contributed by atoms with Crippen molar-refractivity contribution in [3.05, 3.63) is 60.1 Å². The molecule has 2 aromatic rings. The van der Waals surface area contributed by atoms with Gasteiger partial charge in [0.15, 0.2) is 0 Å². The molecule has 0 saturated heterocycles. The third-order valence-corrected chi connectivity index (χ3v) is 4.66. The van der Waals surface area contributed by atoms with Gasteiger partial charge in [0.1, 0.15) is 5.76 Å². The third kappa shape index (κ3) is 4.54. The molecule has 6 nitrogen and oxygen atoms in total. The molecular formula is C16H18N2O4S. The quantitative estimate of drug-likeness (QED) is 0.818. The van der Waals surface area contributed by atoms with Crippen molar-refractivity contribution in [3.63, 3.8) is 0 Å². The van der Waals surface area contributed by atoms with Crippen molar-refractivity contribution in [1.29, 1.82) is 0 Å². The summed E-state index contributed by atoms with van der Waals surface area (Å²) in [6.07, 6.45) is 4.63. The van der Waals surface area contributed by atoms with E-state index in [0.29, 0.717) is 12.3 Å². The molecule has 7 heteroatoms. The molecule has 1 aromatic carbocycles. The van der Waals surface area contributed by atoms with Crippen molar-refractivity contribution in [2.75, 3.05) is 14.1 Å². The minimum atomic E-state index is -3.45. The topological polar surface area (TPSA) is 79.6 Å². The van der Waals surface area contributed by atoms with Gasteiger partial charge >= 0.3 is 0 Å². The predicted molar refractivity (Wildman–Crippen MR) is 86.9 cm³/mol. The van der Waals surface area contributed by atoms with Gasteiger partial charge in [0, 0.05) is 13.1 Å². The Balaban J connectivity index is 2.00. The Labute approximate surface area is 135 Å². The van der Waals surface area contributed by atoms with E-state index >= 15 is 0 Å². The van der Waals surface area contributed by atoms with Crippen LogP contribution in [-0.2, 0) is 21.4 Å². The number of furan rings is 1. The highest BCUT2D eigenvalue weighted by atomic mass is 32.2. The summed E-state index contributed by atoms with van der Waals surface area (Å²) in [6, 6.07) is 9.82. The van der Waals surface area contributed by atoms with Crippen LogP contribution in [0.25, 0.3) is 6.08 Å². The van der Waals surface area contributed by atoms with E-state index < -0.39 is 10.0 Å². The average Bonchev–Trinajstić information content (AvgIpc) is 3.05. The number of carbonyl (C=O) groups excluding carboxylic acids is 1. The second-order valence-corrected chi connectivity index (χ2v) is 6.77. The molecular weight excluding hydrogens is 316 g/mol. The molecule has 0 bridgehead atoms. The number of nitrogens with zero attached hydrogens (tertiary/aromatic N) is 1. The van der Waals surface area contributed by atoms with Gasteiger partial charge in [-0.15, -0.1) is 0 Å².